The number of rotatable bonds is 4. The van der Waals surface area contributed by atoms with E-state index in [0.717, 1.165) is 10.6 Å². The molecule has 19 heavy (non-hydrogen) atoms. The molecule has 0 spiro atoms. The summed E-state index contributed by atoms with van der Waals surface area (Å²) < 4.78 is 0. The van der Waals surface area contributed by atoms with Crippen LogP contribution in [0.25, 0.3) is 0 Å². The number of nitrogens with one attached hydrogen (secondary N) is 2. The summed E-state index contributed by atoms with van der Waals surface area (Å²) >= 11 is 1.51. The number of amides is 1. The van der Waals surface area contributed by atoms with Gasteiger partial charge in [0, 0.05) is 23.8 Å². The van der Waals surface area contributed by atoms with Gasteiger partial charge in [-0.25, -0.2) is 4.98 Å². The first kappa shape index (κ1) is 13.5. The molecule has 0 saturated heterocycles. The number of hydrogen-bond acceptors (Lipinski definition) is 4. The third-order valence-electron chi connectivity index (χ3n) is 2.75. The Labute approximate surface area is 116 Å². The van der Waals surface area contributed by atoms with Gasteiger partial charge in [0.15, 0.2) is 5.13 Å². The molecule has 0 aliphatic heterocycles. The topological polar surface area (TPSA) is 54.0 Å². The minimum Gasteiger partial charge on any atom is -0.387 e. The maximum atomic E-state index is 12.2. The maximum absolute atomic E-state index is 12.2. The average molecular weight is 275 g/mol. The van der Waals surface area contributed by atoms with Gasteiger partial charge in [-0.2, -0.15) is 0 Å². The lowest BCUT2D eigenvalue weighted by Gasteiger charge is -2.07. The number of thiazole rings is 1. The van der Waals surface area contributed by atoms with E-state index in [1.165, 1.54) is 11.3 Å². The maximum Gasteiger partial charge on any atom is 0.259 e. The van der Waals surface area contributed by atoms with Crippen molar-refractivity contribution in [3.8, 4) is 0 Å². The first-order valence-electron chi connectivity index (χ1n) is 6.15. The van der Waals surface area contributed by atoms with Crippen molar-refractivity contribution in [1.82, 2.24) is 4.98 Å². The number of aromatic nitrogens is 1. The standard InChI is InChI=1S/C14H17N3OS/c1-9(2)12-8-16-14(19-12)17-13(18)10-6-4-5-7-11(10)15-3/h4-9,15H,1-3H3,(H,16,17,18). The summed E-state index contributed by atoms with van der Waals surface area (Å²) in [6.45, 7) is 4.21. The quantitative estimate of drug-likeness (QED) is 0.897. The molecule has 0 aliphatic carbocycles. The van der Waals surface area contributed by atoms with Gasteiger partial charge in [-0.1, -0.05) is 26.0 Å². The molecule has 0 bridgehead atoms. The Hall–Kier alpha value is -1.88. The number of nitrogens with zero attached hydrogens (tertiary/aromatic N) is 1. The number of carbonyl (C=O) groups is 1. The van der Waals surface area contributed by atoms with Crippen LogP contribution < -0.4 is 10.6 Å². The van der Waals surface area contributed by atoms with Crippen LogP contribution in [0.1, 0.15) is 35.0 Å². The molecule has 1 aromatic heterocycles. The van der Waals surface area contributed by atoms with Crippen molar-refractivity contribution in [3.63, 3.8) is 0 Å². The third-order valence-corrected chi connectivity index (χ3v) is 3.97. The normalized spacial score (nSPS) is 10.5. The molecule has 2 rings (SSSR count). The fourth-order valence-electron chi connectivity index (χ4n) is 1.67. The van der Waals surface area contributed by atoms with E-state index >= 15 is 0 Å². The molecule has 1 heterocycles. The molecule has 0 unspecified atom stereocenters. The van der Waals surface area contributed by atoms with Crippen molar-refractivity contribution in [3.05, 3.63) is 40.9 Å². The van der Waals surface area contributed by atoms with Crippen LogP contribution in [0, 0.1) is 0 Å². The van der Waals surface area contributed by atoms with E-state index in [1.54, 1.807) is 13.1 Å². The van der Waals surface area contributed by atoms with Gasteiger partial charge in [-0.15, -0.1) is 11.3 Å². The van der Waals surface area contributed by atoms with Crippen molar-refractivity contribution >= 4 is 28.1 Å². The second-order valence-electron chi connectivity index (χ2n) is 4.47. The molecule has 2 N–H and O–H groups in total. The van der Waals surface area contributed by atoms with Crippen molar-refractivity contribution < 1.29 is 4.79 Å². The Kier molecular flexibility index (Phi) is 4.16. The Morgan fingerprint density at radius 3 is 2.68 bits per heavy atom. The van der Waals surface area contributed by atoms with E-state index in [1.807, 2.05) is 24.4 Å². The monoisotopic (exact) mass is 275 g/mol. The lowest BCUT2D eigenvalue weighted by atomic mass is 10.1. The van der Waals surface area contributed by atoms with Crippen molar-refractivity contribution in [2.75, 3.05) is 17.7 Å². The predicted molar refractivity (Wildman–Crippen MR) is 80.1 cm³/mol. The van der Waals surface area contributed by atoms with Crippen LogP contribution in [-0.4, -0.2) is 17.9 Å². The predicted octanol–water partition coefficient (Wildman–Crippen LogP) is 3.56. The Balaban J connectivity index is 2.16. The average Bonchev–Trinajstić information content (AvgIpc) is 2.87. The van der Waals surface area contributed by atoms with Gasteiger partial charge in [0.05, 0.1) is 5.56 Å². The summed E-state index contributed by atoms with van der Waals surface area (Å²) in [5.74, 6) is 0.280. The third kappa shape index (κ3) is 3.12. The zero-order valence-corrected chi connectivity index (χ0v) is 12.0. The highest BCUT2D eigenvalue weighted by molar-refractivity contribution is 7.15. The van der Waals surface area contributed by atoms with Gasteiger partial charge in [0.1, 0.15) is 0 Å². The van der Waals surface area contributed by atoms with Gasteiger partial charge in [-0.05, 0) is 18.1 Å². The van der Waals surface area contributed by atoms with Gasteiger partial charge in [-0.3, -0.25) is 10.1 Å². The molecular weight excluding hydrogens is 258 g/mol. The molecule has 4 nitrogen and oxygen atoms in total. The highest BCUT2D eigenvalue weighted by Gasteiger charge is 2.13. The number of hydrogen-bond donors (Lipinski definition) is 2. The van der Waals surface area contributed by atoms with E-state index in [4.69, 9.17) is 0 Å². The zero-order chi connectivity index (χ0) is 13.8. The van der Waals surface area contributed by atoms with Crippen LogP contribution in [0.4, 0.5) is 10.8 Å². The SMILES string of the molecule is CNc1ccccc1C(=O)Nc1ncc(C(C)C)s1. The van der Waals surface area contributed by atoms with E-state index in [9.17, 15) is 4.79 Å². The highest BCUT2D eigenvalue weighted by Crippen LogP contribution is 2.26. The van der Waals surface area contributed by atoms with Crippen molar-refractivity contribution in [1.29, 1.82) is 0 Å². The molecule has 0 atom stereocenters. The number of carbonyl (C=O) groups excluding carboxylic acids is 1. The molecule has 100 valence electrons. The Bertz CT molecular complexity index is 578. The fourth-order valence-corrected chi connectivity index (χ4v) is 2.49. The first-order chi connectivity index (χ1) is 9.11. The lowest BCUT2D eigenvalue weighted by molar-refractivity contribution is 0.102. The second kappa shape index (κ2) is 5.84. The molecule has 0 saturated carbocycles. The Morgan fingerprint density at radius 1 is 1.32 bits per heavy atom. The van der Waals surface area contributed by atoms with Gasteiger partial charge in [0.2, 0.25) is 0 Å². The summed E-state index contributed by atoms with van der Waals surface area (Å²) in [5.41, 5.74) is 1.42. The summed E-state index contributed by atoms with van der Waals surface area (Å²) in [6, 6.07) is 7.40. The molecular formula is C14H17N3OS. The smallest absolute Gasteiger partial charge is 0.259 e. The zero-order valence-electron chi connectivity index (χ0n) is 11.2. The highest BCUT2D eigenvalue weighted by atomic mass is 32.1. The van der Waals surface area contributed by atoms with Crippen LogP contribution >= 0.6 is 11.3 Å². The summed E-state index contributed by atoms with van der Waals surface area (Å²) in [5, 5.41) is 6.48. The summed E-state index contributed by atoms with van der Waals surface area (Å²) in [6.07, 6.45) is 1.81. The van der Waals surface area contributed by atoms with Crippen LogP contribution in [0.2, 0.25) is 0 Å². The molecule has 0 fully saturated rings. The summed E-state index contributed by atoms with van der Waals surface area (Å²) in [7, 11) is 1.80. The van der Waals surface area contributed by atoms with Gasteiger partial charge in [0.25, 0.3) is 5.91 Å². The minimum atomic E-state index is -0.144. The van der Waals surface area contributed by atoms with Crippen LogP contribution in [0.3, 0.4) is 0 Å². The first-order valence-corrected chi connectivity index (χ1v) is 6.97. The molecule has 0 radical (unpaired) electrons. The molecule has 1 aromatic carbocycles. The van der Waals surface area contributed by atoms with Gasteiger partial charge < -0.3 is 5.32 Å². The molecule has 5 heteroatoms. The fraction of sp³-hybridized carbons (Fsp3) is 0.286. The molecule has 2 aromatic rings. The van der Waals surface area contributed by atoms with E-state index in [0.29, 0.717) is 16.6 Å². The second-order valence-corrected chi connectivity index (χ2v) is 5.53. The number of anilines is 2. The van der Waals surface area contributed by atoms with E-state index in [2.05, 4.69) is 29.5 Å². The van der Waals surface area contributed by atoms with Gasteiger partial charge >= 0.3 is 0 Å². The number of benzene rings is 1. The summed E-state index contributed by atoms with van der Waals surface area (Å²) in [4.78, 5) is 17.6. The Morgan fingerprint density at radius 2 is 2.05 bits per heavy atom. The largest absolute Gasteiger partial charge is 0.387 e. The minimum absolute atomic E-state index is 0.144. The van der Waals surface area contributed by atoms with E-state index < -0.39 is 0 Å². The molecule has 1 amide bonds. The van der Waals surface area contributed by atoms with Crippen molar-refractivity contribution in [2.45, 2.75) is 19.8 Å². The van der Waals surface area contributed by atoms with Crippen LogP contribution in [0.5, 0.6) is 0 Å². The van der Waals surface area contributed by atoms with Crippen molar-refractivity contribution in [2.24, 2.45) is 0 Å². The molecule has 0 aliphatic rings. The lowest BCUT2D eigenvalue weighted by Crippen LogP contribution is -2.13. The number of para-hydroxylation sites is 1. The van der Waals surface area contributed by atoms with Crippen LogP contribution in [-0.2, 0) is 0 Å². The van der Waals surface area contributed by atoms with Crippen LogP contribution in [0.15, 0.2) is 30.5 Å². The van der Waals surface area contributed by atoms with E-state index in [-0.39, 0.29) is 5.91 Å².